The zero-order valence-electron chi connectivity index (χ0n) is 11.6. The molecular weight excluding hydrogens is 238 g/mol. The summed E-state index contributed by atoms with van der Waals surface area (Å²) in [5.41, 5.74) is 0.799. The molecule has 19 heavy (non-hydrogen) atoms. The van der Waals surface area contributed by atoms with Gasteiger partial charge in [0.15, 0.2) is 5.78 Å². The van der Waals surface area contributed by atoms with Crippen molar-refractivity contribution in [1.82, 2.24) is 4.90 Å². The molecule has 3 heteroatoms. The summed E-state index contributed by atoms with van der Waals surface area (Å²) in [7, 11) is 3.84. The van der Waals surface area contributed by atoms with Crippen LogP contribution in [0.5, 0.6) is 5.75 Å². The van der Waals surface area contributed by atoms with E-state index in [0.29, 0.717) is 17.9 Å². The molecule has 0 aliphatic carbocycles. The monoisotopic (exact) mass is 259 g/mol. The molecule has 3 nitrogen and oxygen atoms in total. The Morgan fingerprint density at radius 1 is 1.26 bits per heavy atom. The van der Waals surface area contributed by atoms with E-state index in [-0.39, 0.29) is 5.92 Å². The molecule has 2 atom stereocenters. The summed E-state index contributed by atoms with van der Waals surface area (Å²) >= 11 is 0. The summed E-state index contributed by atoms with van der Waals surface area (Å²) in [4.78, 5) is 15.1. The van der Waals surface area contributed by atoms with Gasteiger partial charge < -0.3 is 9.64 Å². The van der Waals surface area contributed by atoms with Crippen molar-refractivity contribution in [3.8, 4) is 5.75 Å². The van der Waals surface area contributed by atoms with Crippen LogP contribution in [0.15, 0.2) is 24.3 Å². The lowest BCUT2D eigenvalue weighted by atomic mass is 9.85. The van der Waals surface area contributed by atoms with Crippen LogP contribution in [0.2, 0.25) is 0 Å². The second-order valence-corrected chi connectivity index (χ2v) is 5.82. The van der Waals surface area contributed by atoms with Gasteiger partial charge in [0.05, 0.1) is 7.11 Å². The van der Waals surface area contributed by atoms with Crippen LogP contribution in [-0.4, -0.2) is 36.9 Å². The lowest BCUT2D eigenvalue weighted by Gasteiger charge is -2.35. The van der Waals surface area contributed by atoms with Crippen LogP contribution in [0.4, 0.5) is 0 Å². The molecule has 2 bridgehead atoms. The van der Waals surface area contributed by atoms with E-state index in [1.807, 2.05) is 24.3 Å². The molecule has 2 aliphatic rings. The lowest BCUT2D eigenvalue weighted by molar-refractivity contribution is 0.0767. The highest BCUT2D eigenvalue weighted by Gasteiger charge is 2.40. The number of ketones is 1. The zero-order chi connectivity index (χ0) is 13.4. The average molecular weight is 259 g/mol. The van der Waals surface area contributed by atoms with E-state index < -0.39 is 0 Å². The lowest BCUT2D eigenvalue weighted by Crippen LogP contribution is -2.42. The maximum atomic E-state index is 12.6. The Labute approximate surface area is 114 Å². The SMILES string of the molecule is COc1cccc(C(=O)C2CC3CCC(C2)N3C)c1. The highest BCUT2D eigenvalue weighted by atomic mass is 16.5. The van der Waals surface area contributed by atoms with E-state index >= 15 is 0 Å². The third-order valence-electron chi connectivity index (χ3n) is 4.82. The van der Waals surface area contributed by atoms with Gasteiger partial charge in [-0.2, -0.15) is 0 Å². The minimum atomic E-state index is 0.195. The molecule has 0 spiro atoms. The first-order valence-electron chi connectivity index (χ1n) is 7.09. The van der Waals surface area contributed by atoms with Crippen molar-refractivity contribution in [3.63, 3.8) is 0 Å². The maximum absolute atomic E-state index is 12.6. The minimum Gasteiger partial charge on any atom is -0.497 e. The van der Waals surface area contributed by atoms with E-state index in [1.54, 1.807) is 7.11 Å². The number of benzene rings is 1. The Morgan fingerprint density at radius 2 is 1.95 bits per heavy atom. The van der Waals surface area contributed by atoms with Gasteiger partial charge in [0.1, 0.15) is 5.75 Å². The molecule has 0 N–H and O–H groups in total. The van der Waals surface area contributed by atoms with Crippen LogP contribution < -0.4 is 4.74 Å². The van der Waals surface area contributed by atoms with Crippen molar-refractivity contribution in [2.45, 2.75) is 37.8 Å². The number of methoxy groups -OCH3 is 1. The zero-order valence-corrected chi connectivity index (χ0v) is 11.6. The van der Waals surface area contributed by atoms with Crippen molar-refractivity contribution in [2.24, 2.45) is 5.92 Å². The number of nitrogens with zero attached hydrogens (tertiary/aromatic N) is 1. The van der Waals surface area contributed by atoms with Crippen molar-refractivity contribution < 1.29 is 9.53 Å². The van der Waals surface area contributed by atoms with E-state index in [2.05, 4.69) is 11.9 Å². The van der Waals surface area contributed by atoms with Gasteiger partial charge in [-0.25, -0.2) is 0 Å². The number of Topliss-reactive ketones (excluding diaryl/α,β-unsaturated/α-hetero) is 1. The summed E-state index contributed by atoms with van der Waals surface area (Å²) in [6.07, 6.45) is 4.54. The number of hydrogen-bond donors (Lipinski definition) is 0. The van der Waals surface area contributed by atoms with E-state index in [0.717, 1.165) is 24.2 Å². The minimum absolute atomic E-state index is 0.195. The van der Waals surface area contributed by atoms with Crippen molar-refractivity contribution >= 4 is 5.78 Å². The molecule has 0 saturated carbocycles. The van der Waals surface area contributed by atoms with Gasteiger partial charge in [0, 0.05) is 23.6 Å². The Morgan fingerprint density at radius 3 is 2.58 bits per heavy atom. The number of hydrogen-bond acceptors (Lipinski definition) is 3. The van der Waals surface area contributed by atoms with Crippen molar-refractivity contribution in [2.75, 3.05) is 14.2 Å². The molecule has 1 aromatic rings. The standard InChI is InChI=1S/C16H21NO2/c1-17-13-6-7-14(17)9-12(8-13)16(18)11-4-3-5-15(10-11)19-2/h3-5,10,12-14H,6-9H2,1-2H3. The fourth-order valence-electron chi connectivity index (χ4n) is 3.64. The Kier molecular flexibility index (Phi) is 3.31. The van der Waals surface area contributed by atoms with Crippen LogP contribution in [0.25, 0.3) is 0 Å². The van der Waals surface area contributed by atoms with Crippen LogP contribution in [0, 0.1) is 5.92 Å². The summed E-state index contributed by atoms with van der Waals surface area (Å²) in [6.45, 7) is 0. The van der Waals surface area contributed by atoms with Crippen LogP contribution in [0.1, 0.15) is 36.0 Å². The molecule has 2 aliphatic heterocycles. The summed E-state index contributed by atoms with van der Waals surface area (Å²) in [6, 6.07) is 8.77. The second-order valence-electron chi connectivity index (χ2n) is 5.82. The Bertz CT molecular complexity index is 471. The van der Waals surface area contributed by atoms with Crippen LogP contribution >= 0.6 is 0 Å². The van der Waals surface area contributed by atoms with E-state index in [4.69, 9.17) is 4.74 Å². The number of fused-ring (bicyclic) bond motifs is 2. The first-order valence-corrected chi connectivity index (χ1v) is 7.09. The van der Waals surface area contributed by atoms with Crippen molar-refractivity contribution in [1.29, 1.82) is 0 Å². The number of carbonyl (C=O) groups is 1. The summed E-state index contributed by atoms with van der Waals surface area (Å²) < 4.78 is 5.20. The quantitative estimate of drug-likeness (QED) is 0.782. The highest BCUT2D eigenvalue weighted by molar-refractivity contribution is 5.98. The number of carbonyl (C=O) groups excluding carboxylic acids is 1. The second kappa shape index (κ2) is 4.97. The van der Waals surface area contributed by atoms with Gasteiger partial charge >= 0.3 is 0 Å². The molecular formula is C16H21NO2. The van der Waals surface area contributed by atoms with E-state index in [1.165, 1.54) is 12.8 Å². The van der Waals surface area contributed by atoms with Crippen LogP contribution in [-0.2, 0) is 0 Å². The number of ether oxygens (including phenoxy) is 1. The van der Waals surface area contributed by atoms with Gasteiger partial charge in [-0.1, -0.05) is 12.1 Å². The molecule has 3 rings (SSSR count). The largest absolute Gasteiger partial charge is 0.497 e. The molecule has 2 heterocycles. The first-order chi connectivity index (χ1) is 9.19. The first kappa shape index (κ1) is 12.7. The molecule has 2 saturated heterocycles. The van der Waals surface area contributed by atoms with Crippen LogP contribution in [0.3, 0.4) is 0 Å². The molecule has 2 fully saturated rings. The fraction of sp³-hybridized carbons (Fsp3) is 0.562. The molecule has 0 amide bonds. The third kappa shape index (κ3) is 2.27. The topological polar surface area (TPSA) is 29.5 Å². The molecule has 102 valence electrons. The van der Waals surface area contributed by atoms with Gasteiger partial charge in [-0.3, -0.25) is 4.79 Å². The summed E-state index contributed by atoms with van der Waals surface area (Å²) in [5, 5.41) is 0. The fourth-order valence-corrected chi connectivity index (χ4v) is 3.64. The molecule has 0 radical (unpaired) electrons. The molecule has 1 aromatic carbocycles. The normalized spacial score (nSPS) is 30.3. The maximum Gasteiger partial charge on any atom is 0.166 e. The average Bonchev–Trinajstić information content (AvgIpc) is 2.68. The molecule has 2 unspecified atom stereocenters. The number of rotatable bonds is 3. The van der Waals surface area contributed by atoms with Gasteiger partial charge in [-0.15, -0.1) is 0 Å². The Balaban J connectivity index is 1.77. The Hall–Kier alpha value is -1.35. The van der Waals surface area contributed by atoms with E-state index in [9.17, 15) is 4.79 Å². The van der Waals surface area contributed by atoms with Crippen molar-refractivity contribution in [3.05, 3.63) is 29.8 Å². The van der Waals surface area contributed by atoms with Gasteiger partial charge in [0.25, 0.3) is 0 Å². The summed E-state index contributed by atoms with van der Waals surface area (Å²) in [5.74, 6) is 1.26. The van der Waals surface area contributed by atoms with Gasteiger partial charge in [0.2, 0.25) is 0 Å². The number of piperidine rings is 1. The van der Waals surface area contributed by atoms with Gasteiger partial charge in [-0.05, 0) is 44.9 Å². The predicted octanol–water partition coefficient (Wildman–Crippen LogP) is 2.75. The third-order valence-corrected chi connectivity index (χ3v) is 4.82. The predicted molar refractivity (Wildman–Crippen MR) is 74.6 cm³/mol. The highest BCUT2D eigenvalue weighted by Crippen LogP contribution is 2.38. The smallest absolute Gasteiger partial charge is 0.166 e. The molecule has 0 aromatic heterocycles.